The maximum atomic E-state index is 12.7. The Kier molecular flexibility index (Phi) is 7.89. The molecule has 0 bridgehead atoms. The Hall–Kier alpha value is -4.28. The average molecular weight is 543 g/mol. The number of hydrogen-bond acceptors (Lipinski definition) is 5. The number of ether oxygens (including phenoxy) is 3. The summed E-state index contributed by atoms with van der Waals surface area (Å²) in [5, 5.41) is 14.6. The Morgan fingerprint density at radius 3 is 2.44 bits per heavy atom. The van der Waals surface area contributed by atoms with E-state index in [9.17, 15) is 10.1 Å². The number of methoxy groups -OCH3 is 2. The standard InChI is InChI=1S/C29H23BrN2O4/c1-34-24-12-10-23(11-13-24)32-29(33)22(17-31)14-21-15-27(35-2)28(16-26(21)30)36-18-20-8-5-7-19-6-3-4-9-25(19)20/h3-16H,18H2,1-2H3,(H,32,33)/b22-14-. The predicted octanol–water partition coefficient (Wildman–Crippen LogP) is 6.74. The zero-order chi connectivity index (χ0) is 25.5. The van der Waals surface area contributed by atoms with Gasteiger partial charge in [-0.05, 0) is 64.4 Å². The molecule has 0 spiro atoms. The number of halogens is 1. The first kappa shape index (κ1) is 24.8. The van der Waals surface area contributed by atoms with E-state index in [1.54, 1.807) is 50.6 Å². The summed E-state index contributed by atoms with van der Waals surface area (Å²) < 4.78 is 17.4. The minimum absolute atomic E-state index is 0.0574. The lowest BCUT2D eigenvalue weighted by Crippen LogP contribution is -2.13. The number of amides is 1. The van der Waals surface area contributed by atoms with E-state index in [1.165, 1.54) is 6.08 Å². The van der Waals surface area contributed by atoms with E-state index in [4.69, 9.17) is 14.2 Å². The van der Waals surface area contributed by atoms with Gasteiger partial charge in [0.05, 0.1) is 14.2 Å². The normalized spacial score (nSPS) is 11.0. The van der Waals surface area contributed by atoms with Gasteiger partial charge in [0.1, 0.15) is 24.0 Å². The number of nitrogens with zero attached hydrogens (tertiary/aromatic N) is 1. The van der Waals surface area contributed by atoms with Crippen molar-refractivity contribution in [1.82, 2.24) is 0 Å². The second-order valence-electron chi connectivity index (χ2n) is 7.80. The Bertz CT molecular complexity index is 1470. The third-order valence-corrected chi connectivity index (χ3v) is 6.25. The molecule has 0 saturated heterocycles. The highest BCUT2D eigenvalue weighted by atomic mass is 79.9. The van der Waals surface area contributed by atoms with Crippen molar-refractivity contribution in [3.8, 4) is 23.3 Å². The number of carbonyl (C=O) groups excluding carboxylic acids is 1. The van der Waals surface area contributed by atoms with E-state index in [-0.39, 0.29) is 5.57 Å². The van der Waals surface area contributed by atoms with E-state index < -0.39 is 5.91 Å². The number of carbonyl (C=O) groups is 1. The summed E-state index contributed by atoms with van der Waals surface area (Å²) in [6.45, 7) is 0.354. The van der Waals surface area contributed by atoms with Crippen LogP contribution in [-0.2, 0) is 11.4 Å². The second kappa shape index (κ2) is 11.4. The molecule has 0 atom stereocenters. The second-order valence-corrected chi connectivity index (χ2v) is 8.66. The van der Waals surface area contributed by atoms with Crippen LogP contribution in [-0.4, -0.2) is 20.1 Å². The summed E-state index contributed by atoms with van der Waals surface area (Å²) in [7, 11) is 3.11. The van der Waals surface area contributed by atoms with Crippen LogP contribution in [0.25, 0.3) is 16.8 Å². The van der Waals surface area contributed by atoms with E-state index in [0.717, 1.165) is 16.3 Å². The molecular formula is C29H23BrN2O4. The van der Waals surface area contributed by atoms with Crippen molar-refractivity contribution in [2.45, 2.75) is 6.61 Å². The quantitative estimate of drug-likeness (QED) is 0.197. The molecule has 1 N–H and O–H groups in total. The lowest BCUT2D eigenvalue weighted by molar-refractivity contribution is -0.112. The minimum atomic E-state index is -0.523. The first-order chi connectivity index (χ1) is 17.5. The Morgan fingerprint density at radius 1 is 0.972 bits per heavy atom. The Morgan fingerprint density at radius 2 is 1.72 bits per heavy atom. The fourth-order valence-corrected chi connectivity index (χ4v) is 4.12. The van der Waals surface area contributed by atoms with Crippen molar-refractivity contribution < 1.29 is 19.0 Å². The fraction of sp³-hybridized carbons (Fsp3) is 0.103. The summed E-state index contributed by atoms with van der Waals surface area (Å²) >= 11 is 3.53. The van der Waals surface area contributed by atoms with Gasteiger partial charge >= 0.3 is 0 Å². The third kappa shape index (κ3) is 5.68. The maximum absolute atomic E-state index is 12.7. The summed E-state index contributed by atoms with van der Waals surface area (Å²) in [6.07, 6.45) is 1.50. The zero-order valence-corrected chi connectivity index (χ0v) is 21.3. The van der Waals surface area contributed by atoms with Gasteiger partial charge in [0.2, 0.25) is 0 Å². The first-order valence-corrected chi connectivity index (χ1v) is 11.9. The number of fused-ring (bicyclic) bond motifs is 1. The number of anilines is 1. The topological polar surface area (TPSA) is 80.6 Å². The van der Waals surface area contributed by atoms with Crippen LogP contribution >= 0.6 is 15.9 Å². The Balaban J connectivity index is 1.55. The van der Waals surface area contributed by atoms with Gasteiger partial charge < -0.3 is 19.5 Å². The van der Waals surface area contributed by atoms with Crippen LogP contribution in [0.5, 0.6) is 17.2 Å². The maximum Gasteiger partial charge on any atom is 0.266 e. The van der Waals surface area contributed by atoms with Gasteiger partial charge in [-0.1, -0.05) is 58.4 Å². The molecule has 180 valence electrons. The molecule has 0 aromatic heterocycles. The minimum Gasteiger partial charge on any atom is -0.497 e. The highest BCUT2D eigenvalue weighted by Gasteiger charge is 2.14. The monoisotopic (exact) mass is 542 g/mol. The molecule has 0 saturated carbocycles. The van der Waals surface area contributed by atoms with Crippen molar-refractivity contribution in [2.75, 3.05) is 19.5 Å². The molecule has 36 heavy (non-hydrogen) atoms. The molecule has 4 aromatic rings. The lowest BCUT2D eigenvalue weighted by atomic mass is 10.1. The van der Waals surface area contributed by atoms with Gasteiger partial charge in [0.25, 0.3) is 5.91 Å². The smallest absolute Gasteiger partial charge is 0.266 e. The van der Waals surface area contributed by atoms with Crippen LogP contribution < -0.4 is 19.5 Å². The van der Waals surface area contributed by atoms with E-state index in [1.807, 2.05) is 30.3 Å². The van der Waals surface area contributed by atoms with Crippen molar-refractivity contribution in [1.29, 1.82) is 5.26 Å². The SMILES string of the molecule is COc1ccc(NC(=O)/C(C#N)=C\c2cc(OC)c(OCc3cccc4ccccc34)cc2Br)cc1. The number of benzene rings is 4. The van der Waals surface area contributed by atoms with Crippen molar-refractivity contribution in [2.24, 2.45) is 0 Å². The van der Waals surface area contributed by atoms with E-state index >= 15 is 0 Å². The molecular weight excluding hydrogens is 520 g/mol. The molecule has 7 heteroatoms. The van der Waals surface area contributed by atoms with Gasteiger partial charge in [-0.2, -0.15) is 5.26 Å². The summed E-state index contributed by atoms with van der Waals surface area (Å²) in [6, 6.07) is 26.5. The molecule has 0 unspecified atom stereocenters. The van der Waals surface area contributed by atoms with Crippen molar-refractivity contribution >= 4 is 44.4 Å². The van der Waals surface area contributed by atoms with Gasteiger partial charge in [0.15, 0.2) is 11.5 Å². The molecule has 0 fully saturated rings. The lowest BCUT2D eigenvalue weighted by Gasteiger charge is -2.14. The molecule has 4 rings (SSSR count). The van der Waals surface area contributed by atoms with E-state index in [2.05, 4.69) is 39.4 Å². The van der Waals surface area contributed by atoms with Crippen molar-refractivity contribution in [3.63, 3.8) is 0 Å². The van der Waals surface area contributed by atoms with Gasteiger partial charge in [-0.25, -0.2) is 0 Å². The molecule has 6 nitrogen and oxygen atoms in total. The van der Waals surface area contributed by atoms with Crippen LogP contribution in [0.2, 0.25) is 0 Å². The summed E-state index contributed by atoms with van der Waals surface area (Å²) in [5.74, 6) is 1.17. The Labute approximate surface area is 217 Å². The predicted molar refractivity (Wildman–Crippen MR) is 144 cm³/mol. The third-order valence-electron chi connectivity index (χ3n) is 5.56. The largest absolute Gasteiger partial charge is 0.497 e. The highest BCUT2D eigenvalue weighted by molar-refractivity contribution is 9.10. The van der Waals surface area contributed by atoms with Crippen LogP contribution in [0.15, 0.2) is 88.9 Å². The number of rotatable bonds is 8. The molecule has 4 aromatic carbocycles. The summed E-state index contributed by atoms with van der Waals surface area (Å²) in [4.78, 5) is 12.7. The molecule has 0 aliphatic carbocycles. The molecule has 1 amide bonds. The van der Waals surface area contributed by atoms with Crippen LogP contribution in [0.1, 0.15) is 11.1 Å². The molecule has 0 aliphatic rings. The fourth-order valence-electron chi connectivity index (χ4n) is 3.68. The van der Waals surface area contributed by atoms with Gasteiger partial charge in [-0.3, -0.25) is 4.79 Å². The summed E-state index contributed by atoms with van der Waals surface area (Å²) in [5.41, 5.74) is 2.15. The van der Waals surface area contributed by atoms with Crippen LogP contribution in [0.4, 0.5) is 5.69 Å². The van der Waals surface area contributed by atoms with Gasteiger partial charge in [0, 0.05) is 10.2 Å². The molecule has 0 aliphatic heterocycles. The average Bonchev–Trinajstić information content (AvgIpc) is 2.91. The molecule has 0 radical (unpaired) electrons. The highest BCUT2D eigenvalue weighted by Crippen LogP contribution is 2.35. The van der Waals surface area contributed by atoms with Gasteiger partial charge in [-0.15, -0.1) is 0 Å². The van der Waals surface area contributed by atoms with E-state index in [0.29, 0.717) is 39.6 Å². The first-order valence-electron chi connectivity index (χ1n) is 11.1. The van der Waals surface area contributed by atoms with Crippen LogP contribution in [0.3, 0.4) is 0 Å². The number of nitrogens with one attached hydrogen (secondary N) is 1. The van der Waals surface area contributed by atoms with Crippen molar-refractivity contribution in [3.05, 3.63) is 100 Å². The number of nitriles is 1. The zero-order valence-electron chi connectivity index (χ0n) is 19.7. The van der Waals surface area contributed by atoms with Crippen LogP contribution in [0, 0.1) is 11.3 Å². The number of hydrogen-bond donors (Lipinski definition) is 1. The molecule has 0 heterocycles.